The van der Waals surface area contributed by atoms with Gasteiger partial charge in [0.25, 0.3) is 5.91 Å². The first kappa shape index (κ1) is 23.7. The summed E-state index contributed by atoms with van der Waals surface area (Å²) in [6, 6.07) is 4.03. The fraction of sp³-hybridized carbons (Fsp3) is 0.304. The number of aromatic nitrogens is 1. The molecule has 32 heavy (non-hydrogen) atoms. The van der Waals surface area contributed by atoms with E-state index in [-0.39, 0.29) is 27.4 Å². The predicted octanol–water partition coefficient (Wildman–Crippen LogP) is 5.80. The topological polar surface area (TPSA) is 79.5 Å². The molecule has 0 saturated heterocycles. The third-order valence-electron chi connectivity index (χ3n) is 6.16. The van der Waals surface area contributed by atoms with E-state index >= 15 is 4.39 Å². The Kier molecular flexibility index (Phi) is 5.58. The lowest BCUT2D eigenvalue weighted by Crippen LogP contribution is -2.45. The molecule has 3 aromatic rings. The van der Waals surface area contributed by atoms with Crippen LogP contribution in [0.25, 0.3) is 10.9 Å². The summed E-state index contributed by atoms with van der Waals surface area (Å²) in [4.78, 5) is 25.8. The van der Waals surface area contributed by atoms with Crippen molar-refractivity contribution in [3.63, 3.8) is 0 Å². The summed E-state index contributed by atoms with van der Waals surface area (Å²) in [5.74, 6) is -7.03. The Hall–Kier alpha value is -3.00. The van der Waals surface area contributed by atoms with E-state index < -0.39 is 51.3 Å². The molecule has 1 aromatic heterocycles. The summed E-state index contributed by atoms with van der Waals surface area (Å²) in [7, 11) is 0. The van der Waals surface area contributed by atoms with Gasteiger partial charge in [-0.15, -0.1) is 0 Å². The van der Waals surface area contributed by atoms with Gasteiger partial charge in [0, 0.05) is 28.3 Å². The highest BCUT2D eigenvalue weighted by molar-refractivity contribution is 6.30. The molecule has 0 fully saturated rings. The number of aromatic hydroxyl groups is 1. The zero-order valence-electron chi connectivity index (χ0n) is 18.0. The summed E-state index contributed by atoms with van der Waals surface area (Å²) in [5.41, 5.74) is -3.28. The molecule has 0 radical (unpaired) electrons. The Morgan fingerprint density at radius 1 is 1.03 bits per heavy atom. The summed E-state index contributed by atoms with van der Waals surface area (Å²) < 4.78 is 44.4. The molecular formula is C23H21ClF3NO4. The van der Waals surface area contributed by atoms with Crippen LogP contribution >= 0.6 is 11.6 Å². The van der Waals surface area contributed by atoms with E-state index in [2.05, 4.69) is 0 Å². The Morgan fingerprint density at radius 3 is 2.12 bits per heavy atom. The van der Waals surface area contributed by atoms with Crippen molar-refractivity contribution in [3.05, 3.63) is 63.6 Å². The lowest BCUT2D eigenvalue weighted by Gasteiger charge is -2.39. The molecule has 0 aliphatic rings. The molecule has 1 heterocycles. The first-order valence-corrected chi connectivity index (χ1v) is 9.98. The zero-order chi connectivity index (χ0) is 24.3. The zero-order valence-corrected chi connectivity index (χ0v) is 18.7. The van der Waals surface area contributed by atoms with Gasteiger partial charge in [-0.3, -0.25) is 14.2 Å². The number of aliphatic carboxylic acids is 1. The van der Waals surface area contributed by atoms with E-state index in [0.29, 0.717) is 0 Å². The first-order valence-electron chi connectivity index (χ1n) is 9.60. The fourth-order valence-corrected chi connectivity index (χ4v) is 4.04. The number of phenolic OH excluding ortho intramolecular Hbond substituents is 1. The number of carboxylic acids is 1. The number of halogens is 4. The largest absolute Gasteiger partial charge is 0.503 e. The highest BCUT2D eigenvalue weighted by atomic mass is 35.5. The van der Waals surface area contributed by atoms with Gasteiger partial charge >= 0.3 is 5.97 Å². The number of carboxylic acid groups (broad SMARTS) is 1. The van der Waals surface area contributed by atoms with Crippen molar-refractivity contribution in [2.75, 3.05) is 0 Å². The number of hydrogen-bond acceptors (Lipinski definition) is 3. The Labute approximate surface area is 187 Å². The van der Waals surface area contributed by atoms with Crippen LogP contribution in [0.1, 0.15) is 49.3 Å². The van der Waals surface area contributed by atoms with E-state index in [1.165, 1.54) is 19.9 Å². The van der Waals surface area contributed by atoms with Crippen molar-refractivity contribution in [3.8, 4) is 5.75 Å². The number of carbonyl (C=O) groups excluding carboxylic acids is 1. The Balaban J connectivity index is 2.52. The second-order valence-corrected chi connectivity index (χ2v) is 9.23. The summed E-state index contributed by atoms with van der Waals surface area (Å²) >= 11 is 5.68. The van der Waals surface area contributed by atoms with Crippen molar-refractivity contribution in [1.29, 1.82) is 0 Å². The van der Waals surface area contributed by atoms with E-state index in [1.54, 1.807) is 20.8 Å². The van der Waals surface area contributed by atoms with E-state index in [1.807, 2.05) is 0 Å². The lowest BCUT2D eigenvalue weighted by molar-refractivity contribution is -0.147. The highest BCUT2D eigenvalue weighted by Gasteiger charge is 2.50. The van der Waals surface area contributed by atoms with Crippen molar-refractivity contribution in [2.24, 2.45) is 5.41 Å². The van der Waals surface area contributed by atoms with Crippen LogP contribution in [-0.2, 0) is 10.2 Å². The number of hydrogen-bond donors (Lipinski definition) is 2. The number of nitrogens with zero attached hydrogens (tertiary/aromatic N) is 1. The van der Waals surface area contributed by atoms with Crippen molar-refractivity contribution < 1.29 is 33.0 Å². The molecule has 1 atom stereocenters. The fourth-order valence-electron chi connectivity index (χ4n) is 3.92. The summed E-state index contributed by atoms with van der Waals surface area (Å²) in [6.07, 6.45) is 0. The van der Waals surface area contributed by atoms with Crippen molar-refractivity contribution >= 4 is 34.4 Å². The van der Waals surface area contributed by atoms with Gasteiger partial charge in [-0.05, 0) is 37.5 Å². The number of carbonyl (C=O) groups is 2. The molecule has 3 rings (SSSR count). The van der Waals surface area contributed by atoms with Crippen LogP contribution in [-0.4, -0.2) is 26.7 Å². The molecule has 0 saturated carbocycles. The van der Waals surface area contributed by atoms with Gasteiger partial charge in [0.1, 0.15) is 5.82 Å². The monoisotopic (exact) mass is 467 g/mol. The summed E-state index contributed by atoms with van der Waals surface area (Å²) in [5, 5.41) is 19.4. The first-order chi connectivity index (χ1) is 14.6. The second kappa shape index (κ2) is 7.55. The third kappa shape index (κ3) is 3.24. The molecule has 0 unspecified atom stereocenters. The van der Waals surface area contributed by atoms with Crippen LogP contribution in [0.3, 0.4) is 0 Å². The van der Waals surface area contributed by atoms with Gasteiger partial charge in [0.2, 0.25) is 0 Å². The van der Waals surface area contributed by atoms with Crippen LogP contribution < -0.4 is 0 Å². The van der Waals surface area contributed by atoms with Crippen molar-refractivity contribution in [1.82, 2.24) is 4.57 Å². The SMILES string of the molecule is Cc1c([C@](C)(C(=O)O)C(C)(C)C)c2c(F)c(O)c(F)cc2n1C(=O)c1ccc(Cl)c(F)c1. The van der Waals surface area contributed by atoms with Crippen LogP contribution in [0.5, 0.6) is 5.75 Å². The maximum absolute atomic E-state index is 15.2. The standard InChI is InChI=1S/C23H21ClF3NO4/c1-10-17(23(5,21(31)32)22(2,3)4)16-15(9-14(26)19(29)18(16)27)28(10)20(30)11-6-7-12(24)13(25)8-11/h6-9,29H,1-5H3,(H,31,32)/t23-/m1/s1. The molecule has 0 bridgehead atoms. The minimum atomic E-state index is -1.75. The van der Waals surface area contributed by atoms with E-state index in [0.717, 1.165) is 22.8 Å². The van der Waals surface area contributed by atoms with Crippen LogP contribution in [0.15, 0.2) is 24.3 Å². The highest BCUT2D eigenvalue weighted by Crippen LogP contribution is 2.48. The molecule has 170 valence electrons. The molecular weight excluding hydrogens is 447 g/mol. The smallest absolute Gasteiger partial charge is 0.314 e. The third-order valence-corrected chi connectivity index (χ3v) is 6.47. The van der Waals surface area contributed by atoms with Crippen LogP contribution in [0, 0.1) is 29.8 Å². The quantitative estimate of drug-likeness (QED) is 0.510. The van der Waals surface area contributed by atoms with Gasteiger partial charge in [-0.2, -0.15) is 0 Å². The summed E-state index contributed by atoms with van der Waals surface area (Å²) in [6.45, 7) is 7.64. The second-order valence-electron chi connectivity index (χ2n) is 8.83. The maximum Gasteiger partial charge on any atom is 0.314 e. The average molecular weight is 468 g/mol. The van der Waals surface area contributed by atoms with Crippen LogP contribution in [0.4, 0.5) is 13.2 Å². The molecule has 0 amide bonds. The van der Waals surface area contributed by atoms with Gasteiger partial charge in [-0.1, -0.05) is 32.4 Å². The van der Waals surface area contributed by atoms with Crippen LogP contribution in [0.2, 0.25) is 5.02 Å². The molecule has 0 spiro atoms. The lowest BCUT2D eigenvalue weighted by atomic mass is 9.63. The number of fused-ring (bicyclic) bond motifs is 1. The van der Waals surface area contributed by atoms with Gasteiger partial charge < -0.3 is 10.2 Å². The average Bonchev–Trinajstić information content (AvgIpc) is 2.98. The van der Waals surface area contributed by atoms with E-state index in [9.17, 15) is 28.6 Å². The molecule has 0 aliphatic carbocycles. The number of phenols is 1. The van der Waals surface area contributed by atoms with Gasteiger partial charge in [0.15, 0.2) is 17.4 Å². The molecule has 9 heteroatoms. The normalized spacial score (nSPS) is 13.9. The number of benzene rings is 2. The molecule has 5 nitrogen and oxygen atoms in total. The molecule has 2 N–H and O–H groups in total. The Morgan fingerprint density at radius 2 is 1.62 bits per heavy atom. The minimum Gasteiger partial charge on any atom is -0.503 e. The minimum absolute atomic E-state index is 0.0177. The maximum atomic E-state index is 15.2. The Bertz CT molecular complexity index is 1290. The van der Waals surface area contributed by atoms with Gasteiger partial charge in [-0.25, -0.2) is 13.2 Å². The van der Waals surface area contributed by atoms with Gasteiger partial charge in [0.05, 0.1) is 16.0 Å². The van der Waals surface area contributed by atoms with E-state index in [4.69, 9.17) is 11.6 Å². The number of rotatable bonds is 3. The predicted molar refractivity (Wildman–Crippen MR) is 114 cm³/mol. The molecule has 2 aromatic carbocycles. The van der Waals surface area contributed by atoms with Crippen molar-refractivity contribution in [2.45, 2.75) is 40.0 Å². The molecule has 0 aliphatic heterocycles.